The van der Waals surface area contributed by atoms with Crippen molar-refractivity contribution in [2.24, 2.45) is 5.10 Å². The van der Waals surface area contributed by atoms with Crippen molar-refractivity contribution in [2.45, 2.75) is 13.8 Å². The van der Waals surface area contributed by atoms with Crippen molar-refractivity contribution in [2.75, 3.05) is 11.9 Å². The Hall–Kier alpha value is -4.65. The van der Waals surface area contributed by atoms with Crippen LogP contribution in [-0.2, 0) is 4.79 Å². The van der Waals surface area contributed by atoms with Gasteiger partial charge in [-0.05, 0) is 91.2 Å². The van der Waals surface area contributed by atoms with Crippen LogP contribution in [0.2, 0.25) is 0 Å². The van der Waals surface area contributed by atoms with E-state index in [1.165, 1.54) is 11.8 Å². The molecular weight excluding hydrogens is 440 g/mol. The number of amides is 2. The topological polar surface area (TPSA) is 84.7 Å². The normalized spacial score (nSPS) is 10.8. The van der Waals surface area contributed by atoms with Crippen molar-refractivity contribution < 1.29 is 14.3 Å². The number of aryl methyl sites for hydroxylation is 2. The summed E-state index contributed by atoms with van der Waals surface area (Å²) in [5.41, 5.74) is 7.73. The number of aromatic nitrogens is 1. The molecule has 0 aliphatic carbocycles. The smallest absolute Gasteiger partial charge is 0.271 e. The van der Waals surface area contributed by atoms with Crippen LogP contribution in [0.25, 0.3) is 5.69 Å². The molecule has 0 aliphatic rings. The van der Waals surface area contributed by atoms with E-state index in [-0.39, 0.29) is 18.4 Å². The molecule has 0 saturated carbocycles. The van der Waals surface area contributed by atoms with Gasteiger partial charge in [-0.3, -0.25) is 9.59 Å². The summed E-state index contributed by atoms with van der Waals surface area (Å²) in [6, 6.07) is 24.0. The Morgan fingerprint density at radius 2 is 1.69 bits per heavy atom. The highest BCUT2D eigenvalue weighted by Crippen LogP contribution is 2.15. The van der Waals surface area contributed by atoms with Gasteiger partial charge in [-0.25, -0.2) is 5.43 Å². The van der Waals surface area contributed by atoms with E-state index in [1.54, 1.807) is 30.3 Å². The minimum Gasteiger partial charge on any atom is -0.484 e. The fourth-order valence-corrected chi connectivity index (χ4v) is 3.37. The van der Waals surface area contributed by atoms with E-state index >= 15 is 0 Å². The summed E-state index contributed by atoms with van der Waals surface area (Å²) in [7, 11) is 0. The van der Waals surface area contributed by atoms with E-state index in [1.807, 2.05) is 79.3 Å². The van der Waals surface area contributed by atoms with E-state index in [0.717, 1.165) is 22.5 Å². The molecule has 4 aromatic rings. The molecule has 1 aromatic heterocycles. The lowest BCUT2D eigenvalue weighted by Crippen LogP contribution is -2.20. The van der Waals surface area contributed by atoms with Crippen LogP contribution in [0.4, 0.5) is 5.69 Å². The molecule has 35 heavy (non-hydrogen) atoms. The lowest BCUT2D eigenvalue weighted by Gasteiger charge is -2.09. The molecule has 0 fully saturated rings. The van der Waals surface area contributed by atoms with Crippen LogP contribution < -0.4 is 15.5 Å². The number of hydrazone groups is 1. The molecule has 0 saturated heterocycles. The molecule has 7 nitrogen and oxygen atoms in total. The number of ether oxygens (including phenoxy) is 1. The van der Waals surface area contributed by atoms with Crippen LogP contribution in [0.1, 0.15) is 27.0 Å². The minimum atomic E-state index is -0.310. The Morgan fingerprint density at radius 3 is 2.43 bits per heavy atom. The van der Waals surface area contributed by atoms with Gasteiger partial charge in [0, 0.05) is 29.3 Å². The molecule has 1 heterocycles. The number of anilines is 1. The van der Waals surface area contributed by atoms with Gasteiger partial charge in [-0.1, -0.05) is 18.2 Å². The molecule has 176 valence electrons. The predicted molar refractivity (Wildman–Crippen MR) is 137 cm³/mol. The monoisotopic (exact) mass is 466 g/mol. The largest absolute Gasteiger partial charge is 0.484 e. The summed E-state index contributed by atoms with van der Waals surface area (Å²) >= 11 is 0. The quantitative estimate of drug-likeness (QED) is 0.287. The fraction of sp³-hybridized carbons (Fsp3) is 0.107. The molecule has 2 N–H and O–H groups in total. The zero-order chi connectivity index (χ0) is 24.6. The zero-order valence-corrected chi connectivity index (χ0v) is 19.6. The Morgan fingerprint density at radius 1 is 0.914 bits per heavy atom. The third kappa shape index (κ3) is 6.45. The van der Waals surface area contributed by atoms with Crippen molar-refractivity contribution in [1.29, 1.82) is 0 Å². The van der Waals surface area contributed by atoms with Gasteiger partial charge in [-0.2, -0.15) is 5.10 Å². The summed E-state index contributed by atoms with van der Waals surface area (Å²) in [4.78, 5) is 24.6. The van der Waals surface area contributed by atoms with Gasteiger partial charge >= 0.3 is 0 Å². The summed E-state index contributed by atoms with van der Waals surface area (Å²) in [6.45, 7) is 3.90. The van der Waals surface area contributed by atoms with Crippen molar-refractivity contribution >= 4 is 23.7 Å². The summed E-state index contributed by atoms with van der Waals surface area (Å²) in [5, 5.41) is 6.86. The van der Waals surface area contributed by atoms with Crippen molar-refractivity contribution in [1.82, 2.24) is 9.99 Å². The Kier molecular flexibility index (Phi) is 7.37. The lowest BCUT2D eigenvalue weighted by atomic mass is 10.1. The summed E-state index contributed by atoms with van der Waals surface area (Å²) in [6.07, 6.45) is 5.40. The molecule has 7 heteroatoms. The van der Waals surface area contributed by atoms with Gasteiger partial charge in [0.25, 0.3) is 11.8 Å². The first-order valence-corrected chi connectivity index (χ1v) is 11.1. The van der Waals surface area contributed by atoms with E-state index in [2.05, 4.69) is 15.8 Å². The van der Waals surface area contributed by atoms with Crippen LogP contribution in [0.5, 0.6) is 5.75 Å². The van der Waals surface area contributed by atoms with E-state index in [0.29, 0.717) is 11.3 Å². The maximum absolute atomic E-state index is 12.4. The van der Waals surface area contributed by atoms with Gasteiger partial charge in [0.1, 0.15) is 5.75 Å². The second kappa shape index (κ2) is 11.0. The van der Waals surface area contributed by atoms with Crippen LogP contribution in [0, 0.1) is 13.8 Å². The molecule has 0 atom stereocenters. The third-order valence-corrected chi connectivity index (χ3v) is 5.43. The molecule has 0 unspecified atom stereocenters. The van der Waals surface area contributed by atoms with Crippen molar-refractivity contribution in [3.05, 3.63) is 114 Å². The Balaban J connectivity index is 1.28. The SMILES string of the molecule is Cc1ccc(NC(=O)COc2cccc(/C=N/NC(=O)c3ccc(-n4cccc4)cc3)c2)cc1C. The number of hydrogen-bond donors (Lipinski definition) is 2. The van der Waals surface area contributed by atoms with Gasteiger partial charge in [0.2, 0.25) is 0 Å². The van der Waals surface area contributed by atoms with Crippen molar-refractivity contribution in [3.63, 3.8) is 0 Å². The molecule has 0 spiro atoms. The van der Waals surface area contributed by atoms with Gasteiger partial charge in [0.05, 0.1) is 6.21 Å². The fourth-order valence-electron chi connectivity index (χ4n) is 3.37. The number of nitrogens with zero attached hydrogens (tertiary/aromatic N) is 2. The highest BCUT2D eigenvalue weighted by Gasteiger charge is 2.06. The highest BCUT2D eigenvalue weighted by molar-refractivity contribution is 5.95. The average Bonchev–Trinajstić information content (AvgIpc) is 3.40. The minimum absolute atomic E-state index is 0.122. The summed E-state index contributed by atoms with van der Waals surface area (Å²) < 4.78 is 7.57. The maximum Gasteiger partial charge on any atom is 0.271 e. The van der Waals surface area contributed by atoms with Gasteiger partial charge in [-0.15, -0.1) is 0 Å². The molecule has 0 aliphatic heterocycles. The highest BCUT2D eigenvalue weighted by atomic mass is 16.5. The molecule has 4 rings (SSSR count). The van der Waals surface area contributed by atoms with Gasteiger partial charge < -0.3 is 14.6 Å². The van der Waals surface area contributed by atoms with E-state index in [4.69, 9.17) is 4.74 Å². The molecule has 0 bridgehead atoms. The number of carbonyl (C=O) groups excluding carboxylic acids is 2. The van der Waals surface area contributed by atoms with Crippen LogP contribution >= 0.6 is 0 Å². The van der Waals surface area contributed by atoms with Crippen LogP contribution in [0.3, 0.4) is 0 Å². The number of rotatable bonds is 8. The first kappa shape index (κ1) is 23.5. The van der Waals surface area contributed by atoms with E-state index < -0.39 is 0 Å². The van der Waals surface area contributed by atoms with Gasteiger partial charge in [0.15, 0.2) is 6.61 Å². The number of nitrogens with one attached hydrogen (secondary N) is 2. The zero-order valence-electron chi connectivity index (χ0n) is 19.6. The summed E-state index contributed by atoms with van der Waals surface area (Å²) in [5.74, 6) is -0.0331. The second-order valence-electron chi connectivity index (χ2n) is 8.04. The Bertz CT molecular complexity index is 1340. The number of benzene rings is 3. The number of carbonyl (C=O) groups is 2. The molecule has 2 amide bonds. The number of hydrogen-bond acceptors (Lipinski definition) is 4. The predicted octanol–water partition coefficient (Wildman–Crippen LogP) is 4.88. The first-order chi connectivity index (χ1) is 17.0. The average molecular weight is 467 g/mol. The van der Waals surface area contributed by atoms with Crippen LogP contribution in [-0.4, -0.2) is 29.2 Å². The molecule has 0 radical (unpaired) electrons. The van der Waals surface area contributed by atoms with Crippen LogP contribution in [0.15, 0.2) is 96.4 Å². The second-order valence-corrected chi connectivity index (χ2v) is 8.04. The maximum atomic E-state index is 12.4. The Labute approximate surface area is 204 Å². The third-order valence-electron chi connectivity index (χ3n) is 5.43. The molecular formula is C28H26N4O3. The lowest BCUT2D eigenvalue weighted by molar-refractivity contribution is -0.118. The van der Waals surface area contributed by atoms with Crippen molar-refractivity contribution in [3.8, 4) is 11.4 Å². The van der Waals surface area contributed by atoms with E-state index in [9.17, 15) is 9.59 Å². The molecule has 3 aromatic carbocycles. The standard InChI is InChI=1S/C28H26N4O3/c1-20-8-11-24(16-21(20)2)30-27(33)19-35-26-7-5-6-22(17-26)18-29-31-28(34)23-9-12-25(13-10-23)32-14-3-4-15-32/h3-18H,19H2,1-2H3,(H,30,33)(H,31,34)/b29-18+. The first-order valence-electron chi connectivity index (χ1n) is 11.1.